The third kappa shape index (κ3) is 4.56. The summed E-state index contributed by atoms with van der Waals surface area (Å²) in [5, 5.41) is 0. The summed E-state index contributed by atoms with van der Waals surface area (Å²) in [5.41, 5.74) is 12.5. The molecular formula is C20H20F2N10O8P2+2. The minimum Gasteiger partial charge on any atom is -0.382 e. The molecule has 22 heteroatoms. The summed E-state index contributed by atoms with van der Waals surface area (Å²) in [7, 11) is -6.04. The minimum atomic E-state index is -3.02. The van der Waals surface area contributed by atoms with E-state index in [1.807, 2.05) is 0 Å². The van der Waals surface area contributed by atoms with Gasteiger partial charge < -0.3 is 20.9 Å². The molecule has 2 unspecified atom stereocenters. The second-order valence-corrected chi connectivity index (χ2v) is 11.2. The highest BCUT2D eigenvalue weighted by Crippen LogP contribution is 2.45. The van der Waals surface area contributed by atoms with E-state index in [0.717, 1.165) is 0 Å². The van der Waals surface area contributed by atoms with Crippen molar-refractivity contribution < 1.29 is 45.5 Å². The van der Waals surface area contributed by atoms with Gasteiger partial charge in [0.15, 0.2) is 59.9 Å². The molecule has 0 amide bonds. The maximum absolute atomic E-state index is 15.7. The largest absolute Gasteiger partial charge is 0.698 e. The number of nitrogen functional groups attached to an aromatic ring is 2. The monoisotopic (exact) mass is 628 g/mol. The van der Waals surface area contributed by atoms with Crippen LogP contribution in [0.5, 0.6) is 0 Å². The number of rotatable bonds is 2. The lowest BCUT2D eigenvalue weighted by molar-refractivity contribution is -0.0553. The molecule has 3 aliphatic heterocycles. The predicted octanol–water partition coefficient (Wildman–Crippen LogP) is 1.43. The van der Waals surface area contributed by atoms with Gasteiger partial charge >= 0.3 is 16.5 Å². The molecule has 4 aromatic rings. The minimum absolute atomic E-state index is 0.0702. The highest BCUT2D eigenvalue weighted by Gasteiger charge is 2.57. The second-order valence-electron chi connectivity index (χ2n) is 9.36. The lowest BCUT2D eigenvalue weighted by Crippen LogP contribution is -2.32. The van der Waals surface area contributed by atoms with Gasteiger partial charge in [0.2, 0.25) is 0 Å². The normalized spacial score (nSPS) is 34.2. The van der Waals surface area contributed by atoms with Crippen LogP contribution in [0.15, 0.2) is 25.3 Å². The number of hydrogen-bond acceptors (Lipinski definition) is 16. The van der Waals surface area contributed by atoms with E-state index in [-0.39, 0.29) is 34.0 Å². The van der Waals surface area contributed by atoms with Crippen LogP contribution in [-0.2, 0) is 36.7 Å². The smallest absolute Gasteiger partial charge is 0.382 e. The Morgan fingerprint density at radius 1 is 0.714 bits per heavy atom. The molecule has 0 aromatic carbocycles. The van der Waals surface area contributed by atoms with Gasteiger partial charge in [-0.1, -0.05) is 0 Å². The Balaban J connectivity index is 1.15. The molecule has 0 spiro atoms. The van der Waals surface area contributed by atoms with Gasteiger partial charge in [-0.3, -0.25) is 9.13 Å². The van der Waals surface area contributed by atoms with E-state index < -0.39 is 78.9 Å². The number of nitrogens with two attached hydrogens (primary N) is 2. The van der Waals surface area contributed by atoms with Gasteiger partial charge in [-0.25, -0.2) is 38.7 Å². The zero-order chi connectivity index (χ0) is 29.1. The number of hydrogen-bond donors (Lipinski definition) is 2. The number of fused-ring (bicyclic) bond motifs is 5. The summed E-state index contributed by atoms with van der Waals surface area (Å²) >= 11 is 0. The van der Waals surface area contributed by atoms with Crippen molar-refractivity contribution in [3.05, 3.63) is 25.3 Å². The van der Waals surface area contributed by atoms with Crippen LogP contribution in [0, 0.1) is 0 Å². The second kappa shape index (κ2) is 10.7. The maximum Gasteiger partial charge on any atom is 0.698 e. The van der Waals surface area contributed by atoms with Crippen molar-refractivity contribution >= 4 is 50.5 Å². The molecular weight excluding hydrogens is 608 g/mol. The molecule has 42 heavy (non-hydrogen) atoms. The summed E-state index contributed by atoms with van der Waals surface area (Å²) in [6.07, 6.45) is -7.27. The third-order valence-electron chi connectivity index (χ3n) is 6.96. The summed E-state index contributed by atoms with van der Waals surface area (Å²) in [6, 6.07) is 0. The van der Waals surface area contributed by atoms with Gasteiger partial charge in [0.1, 0.15) is 49.1 Å². The van der Waals surface area contributed by atoms with Crippen LogP contribution in [0.4, 0.5) is 20.4 Å². The topological polar surface area (TPSA) is 229 Å². The Morgan fingerprint density at radius 2 is 1.24 bits per heavy atom. The summed E-state index contributed by atoms with van der Waals surface area (Å²) in [6.45, 7) is -1.14. The molecule has 10 atom stereocenters. The molecule has 18 nitrogen and oxygen atoms in total. The zero-order valence-corrected chi connectivity index (χ0v) is 22.8. The highest BCUT2D eigenvalue weighted by atomic mass is 31.1. The van der Waals surface area contributed by atoms with E-state index in [0.29, 0.717) is 0 Å². The first kappa shape index (κ1) is 27.4. The average molecular weight is 628 g/mol. The first-order chi connectivity index (χ1) is 20.3. The Bertz CT molecular complexity index is 1700. The quantitative estimate of drug-likeness (QED) is 0.299. The summed E-state index contributed by atoms with van der Waals surface area (Å²) < 4.78 is 92.5. The SMILES string of the molecule is Nc1ncnc2c1ncn2[C@@H]1O[C@@H]2CO[P+](=O)O[C@@H]3[C@H](F)[C@@H](CO[P+](=O)O[C@H]2[C@H]1F)O[C@H]3n1cnc2c(N)ncnc21. The van der Waals surface area contributed by atoms with Crippen LogP contribution >= 0.6 is 16.5 Å². The fraction of sp³-hybridized carbons (Fsp3) is 0.500. The van der Waals surface area contributed by atoms with Crippen LogP contribution in [-0.4, -0.2) is 89.0 Å². The molecule has 0 radical (unpaired) electrons. The molecule has 4 N–H and O–H groups in total. The van der Waals surface area contributed by atoms with Crippen LogP contribution in [0.2, 0.25) is 0 Å². The standard InChI is InChI=1S/C20H20F2N10O8P2/c21-9-7-1-35-41(33)39-13-8(38-19(10(13)22)31-5-29-11-15(23)25-3-27-17(11)31)2-36-42(34)40-14(9)20(37-7)32-6-30-12-16(24)26-4-28-18(12)32/h3-10,13-14,19-20H,1-2H2,(H2,23,25,27)(H2,24,26,28)/q+2/t7-,8-,9-,10-,13-,14-,19-,20-/m1/s1. The van der Waals surface area contributed by atoms with Crippen LogP contribution < -0.4 is 11.5 Å². The molecule has 7 rings (SSSR count). The number of imidazole rings is 2. The number of anilines is 2. The summed E-state index contributed by atoms with van der Waals surface area (Å²) in [5.74, 6) is 0.146. The van der Waals surface area contributed by atoms with Gasteiger partial charge in [0.05, 0.1) is 12.7 Å². The lowest BCUT2D eigenvalue weighted by Gasteiger charge is -2.16. The van der Waals surface area contributed by atoms with Gasteiger partial charge in [-0.05, 0) is 0 Å². The first-order valence-electron chi connectivity index (χ1n) is 12.3. The number of nitrogens with zero attached hydrogens (tertiary/aromatic N) is 8. The van der Waals surface area contributed by atoms with Crippen molar-refractivity contribution in [1.29, 1.82) is 0 Å². The van der Waals surface area contributed by atoms with Crippen molar-refractivity contribution in [3.8, 4) is 0 Å². The van der Waals surface area contributed by atoms with E-state index in [4.69, 9.17) is 39.0 Å². The predicted molar refractivity (Wildman–Crippen MR) is 134 cm³/mol. The number of ether oxygens (including phenoxy) is 2. The fourth-order valence-electron chi connectivity index (χ4n) is 4.98. The molecule has 4 aromatic heterocycles. The van der Waals surface area contributed by atoms with E-state index in [1.165, 1.54) is 34.4 Å². The molecule has 7 heterocycles. The fourth-order valence-corrected chi connectivity index (χ4v) is 6.51. The molecule has 0 saturated carbocycles. The number of halogens is 2. The molecule has 3 aliphatic rings. The van der Waals surface area contributed by atoms with Crippen molar-refractivity contribution in [2.75, 3.05) is 24.7 Å². The van der Waals surface area contributed by atoms with Gasteiger partial charge in [-0.2, -0.15) is 0 Å². The third-order valence-corrected chi connectivity index (χ3v) is 8.51. The van der Waals surface area contributed by atoms with Crippen LogP contribution in [0.3, 0.4) is 0 Å². The highest BCUT2D eigenvalue weighted by molar-refractivity contribution is 7.33. The Kier molecular flexibility index (Phi) is 6.94. The van der Waals surface area contributed by atoms with E-state index in [1.54, 1.807) is 0 Å². The van der Waals surface area contributed by atoms with Gasteiger partial charge in [-0.15, -0.1) is 18.1 Å². The van der Waals surface area contributed by atoms with E-state index in [9.17, 15) is 9.13 Å². The summed E-state index contributed by atoms with van der Waals surface area (Å²) in [4.78, 5) is 24.1. The van der Waals surface area contributed by atoms with Crippen molar-refractivity contribution in [1.82, 2.24) is 39.0 Å². The molecule has 2 bridgehead atoms. The first-order valence-corrected chi connectivity index (χ1v) is 14.5. The number of alkyl halides is 2. The van der Waals surface area contributed by atoms with Crippen molar-refractivity contribution in [2.24, 2.45) is 0 Å². The van der Waals surface area contributed by atoms with E-state index >= 15 is 8.78 Å². The Hall–Kier alpha value is -3.48. The molecule has 3 saturated heterocycles. The molecule has 0 aliphatic carbocycles. The average Bonchev–Trinajstić information content (AvgIpc) is 3.73. The van der Waals surface area contributed by atoms with Gasteiger partial charge in [0, 0.05) is 9.13 Å². The van der Waals surface area contributed by atoms with Crippen molar-refractivity contribution in [3.63, 3.8) is 0 Å². The number of aromatic nitrogens is 8. The van der Waals surface area contributed by atoms with E-state index in [2.05, 4.69) is 29.9 Å². The molecule has 3 fully saturated rings. The van der Waals surface area contributed by atoms with Gasteiger partial charge in [0.25, 0.3) is 0 Å². The Morgan fingerprint density at radius 3 is 1.86 bits per heavy atom. The van der Waals surface area contributed by atoms with Crippen LogP contribution in [0.25, 0.3) is 22.3 Å². The lowest BCUT2D eigenvalue weighted by atomic mass is 10.1. The zero-order valence-electron chi connectivity index (χ0n) is 21.0. The maximum atomic E-state index is 15.7. The molecule has 220 valence electrons. The Labute approximate surface area is 234 Å². The van der Waals surface area contributed by atoms with Crippen molar-refractivity contribution in [2.45, 2.75) is 49.2 Å². The van der Waals surface area contributed by atoms with Crippen LogP contribution in [0.1, 0.15) is 12.5 Å².